The van der Waals surface area contributed by atoms with E-state index >= 15 is 0 Å². The highest BCUT2D eigenvalue weighted by Gasteiger charge is 2.13. The van der Waals surface area contributed by atoms with Crippen LogP contribution in [-0.4, -0.2) is 15.8 Å². The zero-order chi connectivity index (χ0) is 13.4. The lowest BCUT2D eigenvalue weighted by molar-refractivity contribution is 0.101. The normalized spacial score (nSPS) is 10.8. The second-order valence-electron chi connectivity index (χ2n) is 4.11. The number of rotatable bonds is 2. The maximum absolute atomic E-state index is 11.3. The summed E-state index contributed by atoms with van der Waals surface area (Å²) in [7, 11) is 0. The average molecular weight is 333 g/mol. The van der Waals surface area contributed by atoms with Gasteiger partial charge in [0, 0.05) is 22.2 Å². The summed E-state index contributed by atoms with van der Waals surface area (Å²) in [5.74, 6) is -0.0283. The van der Waals surface area contributed by atoms with E-state index in [4.69, 9.17) is 0 Å². The number of halogens is 1. The number of nitrogens with zero attached hydrogens (tertiary/aromatic N) is 2. The number of carbonyl (C=O) groups is 1. The number of ketones is 1. The summed E-state index contributed by atoms with van der Waals surface area (Å²) in [5, 5.41) is 3.59. The molecule has 94 valence electrons. The molecule has 0 aliphatic heterocycles. The number of hydrogen-bond acceptors (Lipinski definition) is 4. The van der Waals surface area contributed by atoms with Crippen LogP contribution in [0.15, 0.2) is 40.2 Å². The Morgan fingerprint density at radius 2 is 2.05 bits per heavy atom. The number of hydrogen-bond donors (Lipinski definition) is 0. The molecule has 1 aromatic carbocycles. The van der Waals surface area contributed by atoms with Crippen LogP contribution in [-0.2, 0) is 0 Å². The molecule has 5 heteroatoms. The van der Waals surface area contributed by atoms with Gasteiger partial charge in [0.05, 0.1) is 5.52 Å². The third-order valence-corrected chi connectivity index (χ3v) is 4.20. The van der Waals surface area contributed by atoms with Crippen molar-refractivity contribution in [3.63, 3.8) is 0 Å². The van der Waals surface area contributed by atoms with Crippen LogP contribution < -0.4 is 0 Å². The number of fused-ring (bicyclic) bond motifs is 1. The largest absolute Gasteiger partial charge is 0.293 e. The van der Waals surface area contributed by atoms with Crippen molar-refractivity contribution in [3.8, 4) is 10.7 Å². The lowest BCUT2D eigenvalue weighted by Gasteiger charge is -2.03. The van der Waals surface area contributed by atoms with E-state index in [0.717, 1.165) is 26.1 Å². The third-order valence-electron chi connectivity index (χ3n) is 2.74. The van der Waals surface area contributed by atoms with E-state index in [1.54, 1.807) is 5.38 Å². The van der Waals surface area contributed by atoms with Crippen LogP contribution in [0.1, 0.15) is 17.4 Å². The van der Waals surface area contributed by atoms with Crippen molar-refractivity contribution in [2.45, 2.75) is 6.92 Å². The van der Waals surface area contributed by atoms with Gasteiger partial charge in [-0.15, -0.1) is 11.3 Å². The van der Waals surface area contributed by atoms with Crippen molar-refractivity contribution in [1.29, 1.82) is 0 Å². The van der Waals surface area contributed by atoms with Gasteiger partial charge in [0.15, 0.2) is 5.78 Å². The minimum atomic E-state index is -0.0283. The van der Waals surface area contributed by atoms with Crippen molar-refractivity contribution in [2.24, 2.45) is 0 Å². The van der Waals surface area contributed by atoms with E-state index in [1.165, 1.54) is 18.3 Å². The zero-order valence-electron chi connectivity index (χ0n) is 10.1. The molecule has 19 heavy (non-hydrogen) atoms. The van der Waals surface area contributed by atoms with E-state index < -0.39 is 0 Å². The molecule has 0 unspecified atom stereocenters. The first-order valence-electron chi connectivity index (χ1n) is 5.67. The number of carbonyl (C=O) groups excluding carboxylic acids is 1. The fourth-order valence-corrected chi connectivity index (χ4v) is 3.30. The topological polar surface area (TPSA) is 42.9 Å². The second kappa shape index (κ2) is 4.83. The third kappa shape index (κ3) is 2.31. The van der Waals surface area contributed by atoms with Crippen molar-refractivity contribution in [3.05, 3.63) is 45.9 Å². The molecule has 0 atom stereocenters. The molecular weight excluding hydrogens is 324 g/mol. The maximum atomic E-state index is 11.3. The number of para-hydroxylation sites is 1. The first-order chi connectivity index (χ1) is 9.15. The van der Waals surface area contributed by atoms with E-state index in [1.807, 2.05) is 30.3 Å². The molecule has 0 spiro atoms. The van der Waals surface area contributed by atoms with Gasteiger partial charge in [0.2, 0.25) is 0 Å². The minimum Gasteiger partial charge on any atom is -0.293 e. The van der Waals surface area contributed by atoms with Crippen LogP contribution in [0.4, 0.5) is 0 Å². The van der Waals surface area contributed by atoms with Gasteiger partial charge in [0.25, 0.3) is 0 Å². The maximum Gasteiger partial charge on any atom is 0.178 e. The molecule has 0 aliphatic rings. The molecule has 2 heterocycles. The molecule has 2 aromatic heterocycles. The summed E-state index contributed by atoms with van der Waals surface area (Å²) in [6, 6.07) is 9.93. The first-order valence-corrected chi connectivity index (χ1v) is 7.34. The summed E-state index contributed by atoms with van der Waals surface area (Å²) in [6.07, 6.45) is 0. The molecule has 3 rings (SSSR count). The highest BCUT2D eigenvalue weighted by molar-refractivity contribution is 9.10. The SMILES string of the molecule is CC(=O)c1csc(-c2nc3ccccc3cc2Br)n1. The van der Waals surface area contributed by atoms with Crippen molar-refractivity contribution >= 4 is 44.0 Å². The Hall–Kier alpha value is -1.59. The van der Waals surface area contributed by atoms with Gasteiger partial charge >= 0.3 is 0 Å². The minimum absolute atomic E-state index is 0.0283. The Labute approximate surface area is 122 Å². The molecule has 0 saturated carbocycles. The molecular formula is C14H9BrN2OS. The molecule has 0 fully saturated rings. The zero-order valence-corrected chi connectivity index (χ0v) is 12.5. The predicted molar refractivity (Wildman–Crippen MR) is 80.6 cm³/mol. The van der Waals surface area contributed by atoms with E-state index in [0.29, 0.717) is 5.69 Å². The van der Waals surface area contributed by atoms with Gasteiger partial charge in [-0.2, -0.15) is 0 Å². The van der Waals surface area contributed by atoms with Crippen molar-refractivity contribution < 1.29 is 4.79 Å². The Morgan fingerprint density at radius 1 is 1.26 bits per heavy atom. The summed E-state index contributed by atoms with van der Waals surface area (Å²) in [5.41, 5.74) is 2.18. The molecule has 0 N–H and O–H groups in total. The van der Waals surface area contributed by atoms with Crippen LogP contribution in [0, 0.1) is 0 Å². The van der Waals surface area contributed by atoms with Gasteiger partial charge in [-0.3, -0.25) is 4.79 Å². The summed E-state index contributed by atoms with van der Waals surface area (Å²) >= 11 is 4.95. The number of aromatic nitrogens is 2. The van der Waals surface area contributed by atoms with Crippen LogP contribution >= 0.6 is 27.3 Å². The van der Waals surface area contributed by atoms with Crippen LogP contribution in [0.3, 0.4) is 0 Å². The Balaban J connectivity index is 2.18. The van der Waals surface area contributed by atoms with E-state index in [2.05, 4.69) is 25.9 Å². The van der Waals surface area contributed by atoms with Crippen LogP contribution in [0.2, 0.25) is 0 Å². The predicted octanol–water partition coefficient (Wildman–Crippen LogP) is 4.32. The lowest BCUT2D eigenvalue weighted by Crippen LogP contribution is -1.92. The molecule has 0 bridgehead atoms. The molecule has 3 aromatic rings. The summed E-state index contributed by atoms with van der Waals surface area (Å²) in [6.45, 7) is 1.52. The van der Waals surface area contributed by atoms with E-state index in [-0.39, 0.29) is 5.78 Å². The Kier molecular flexibility index (Phi) is 3.16. The first kappa shape index (κ1) is 12.4. The number of pyridine rings is 1. The second-order valence-corrected chi connectivity index (χ2v) is 5.82. The summed E-state index contributed by atoms with van der Waals surface area (Å²) in [4.78, 5) is 20.2. The Morgan fingerprint density at radius 3 is 2.79 bits per heavy atom. The van der Waals surface area contributed by atoms with Gasteiger partial charge in [0.1, 0.15) is 16.4 Å². The van der Waals surface area contributed by atoms with E-state index in [9.17, 15) is 4.79 Å². The molecule has 0 aliphatic carbocycles. The standard InChI is InChI=1S/C14H9BrN2OS/c1-8(18)12-7-19-14(17-12)13-10(15)6-9-4-2-3-5-11(9)16-13/h2-7H,1H3. The van der Waals surface area contributed by atoms with Gasteiger partial charge < -0.3 is 0 Å². The number of Topliss-reactive ketones (excluding diaryl/α,β-unsaturated/α-hetero) is 1. The van der Waals surface area contributed by atoms with Gasteiger partial charge in [-0.05, 0) is 28.1 Å². The summed E-state index contributed by atoms with van der Waals surface area (Å²) < 4.78 is 0.885. The quantitative estimate of drug-likeness (QED) is 0.656. The smallest absolute Gasteiger partial charge is 0.178 e. The van der Waals surface area contributed by atoms with Crippen molar-refractivity contribution in [1.82, 2.24) is 9.97 Å². The monoisotopic (exact) mass is 332 g/mol. The number of benzene rings is 1. The Bertz CT molecular complexity index is 782. The van der Waals surface area contributed by atoms with Crippen LogP contribution in [0.5, 0.6) is 0 Å². The van der Waals surface area contributed by atoms with Crippen LogP contribution in [0.25, 0.3) is 21.6 Å². The molecule has 0 saturated heterocycles. The number of thiazole rings is 1. The highest BCUT2D eigenvalue weighted by atomic mass is 79.9. The lowest BCUT2D eigenvalue weighted by atomic mass is 10.2. The molecule has 0 amide bonds. The van der Waals surface area contributed by atoms with Crippen molar-refractivity contribution in [2.75, 3.05) is 0 Å². The molecule has 3 nitrogen and oxygen atoms in total. The van der Waals surface area contributed by atoms with Gasteiger partial charge in [-0.1, -0.05) is 18.2 Å². The molecule has 0 radical (unpaired) electrons. The fraction of sp³-hybridized carbons (Fsp3) is 0.0714. The van der Waals surface area contributed by atoms with Gasteiger partial charge in [-0.25, -0.2) is 9.97 Å². The fourth-order valence-electron chi connectivity index (χ4n) is 1.78. The highest BCUT2D eigenvalue weighted by Crippen LogP contribution is 2.31. The average Bonchev–Trinajstić information content (AvgIpc) is 2.87.